The molecule has 1 saturated carbocycles. The van der Waals surface area contributed by atoms with E-state index in [4.69, 9.17) is 5.73 Å². The quantitative estimate of drug-likeness (QED) is 0.765. The fourth-order valence-corrected chi connectivity index (χ4v) is 3.15. The number of carbonyl (C=O) groups excluding carboxylic acids is 1. The highest BCUT2D eigenvalue weighted by molar-refractivity contribution is 5.73. The third kappa shape index (κ3) is 2.94. The Morgan fingerprint density at radius 2 is 1.93 bits per heavy atom. The molecule has 2 N–H and O–H groups in total. The minimum atomic E-state index is -0.166. The van der Waals surface area contributed by atoms with Crippen LogP contribution in [0.3, 0.4) is 0 Å². The van der Waals surface area contributed by atoms with Crippen molar-refractivity contribution < 1.29 is 4.79 Å². The van der Waals surface area contributed by atoms with E-state index in [1.807, 2.05) is 0 Å². The largest absolute Gasteiger partial charge is 0.370 e. The molecule has 2 atom stereocenters. The Balaban J connectivity index is 1.78. The van der Waals surface area contributed by atoms with Crippen LogP contribution in [0.25, 0.3) is 0 Å². The third-order valence-corrected chi connectivity index (χ3v) is 4.05. The van der Waals surface area contributed by atoms with Crippen molar-refractivity contribution in [2.45, 2.75) is 38.5 Å². The molecule has 1 aliphatic carbocycles. The molecule has 2 aliphatic rings. The van der Waals surface area contributed by atoms with E-state index in [0.29, 0.717) is 6.42 Å². The molecule has 0 aromatic carbocycles. The highest BCUT2D eigenvalue weighted by atomic mass is 16.1. The summed E-state index contributed by atoms with van der Waals surface area (Å²) in [7, 11) is 0. The van der Waals surface area contributed by atoms with Gasteiger partial charge in [-0.25, -0.2) is 0 Å². The van der Waals surface area contributed by atoms with Crippen LogP contribution in [-0.2, 0) is 4.79 Å². The summed E-state index contributed by atoms with van der Waals surface area (Å²) in [6, 6.07) is 0. The van der Waals surface area contributed by atoms with Crippen LogP contribution in [0.15, 0.2) is 0 Å². The van der Waals surface area contributed by atoms with Gasteiger partial charge < -0.3 is 10.6 Å². The normalized spacial score (nSPS) is 32.3. The molecule has 0 radical (unpaired) electrons. The van der Waals surface area contributed by atoms with Gasteiger partial charge in [-0.15, -0.1) is 0 Å². The van der Waals surface area contributed by atoms with Crippen molar-refractivity contribution in [3.63, 3.8) is 0 Å². The van der Waals surface area contributed by atoms with E-state index in [-0.39, 0.29) is 5.91 Å². The van der Waals surface area contributed by atoms with Gasteiger partial charge in [0.25, 0.3) is 0 Å². The average molecular weight is 210 g/mol. The first-order valence-electron chi connectivity index (χ1n) is 6.26. The van der Waals surface area contributed by atoms with Crippen LogP contribution in [0.2, 0.25) is 0 Å². The van der Waals surface area contributed by atoms with Crippen molar-refractivity contribution in [2.24, 2.45) is 17.6 Å². The number of nitrogens with zero attached hydrogens (tertiary/aromatic N) is 1. The number of piperidine rings is 1. The Bertz CT molecular complexity index is 230. The first kappa shape index (κ1) is 10.9. The lowest BCUT2D eigenvalue weighted by molar-refractivity contribution is -0.118. The van der Waals surface area contributed by atoms with E-state index in [1.165, 1.54) is 45.2 Å². The van der Waals surface area contributed by atoms with Gasteiger partial charge in [0.15, 0.2) is 0 Å². The highest BCUT2D eigenvalue weighted by Gasteiger charge is 2.30. The van der Waals surface area contributed by atoms with Gasteiger partial charge in [-0.3, -0.25) is 4.79 Å². The fourth-order valence-electron chi connectivity index (χ4n) is 3.15. The lowest BCUT2D eigenvalue weighted by Gasteiger charge is -2.41. The number of primary amides is 1. The van der Waals surface area contributed by atoms with Gasteiger partial charge in [0.05, 0.1) is 0 Å². The summed E-state index contributed by atoms with van der Waals surface area (Å²) < 4.78 is 0. The Morgan fingerprint density at radius 1 is 1.20 bits per heavy atom. The van der Waals surface area contributed by atoms with E-state index in [1.54, 1.807) is 0 Å². The summed E-state index contributed by atoms with van der Waals surface area (Å²) in [6.45, 7) is 3.25. The van der Waals surface area contributed by atoms with Crippen LogP contribution < -0.4 is 5.73 Å². The molecule has 0 bridgehead atoms. The lowest BCUT2D eigenvalue weighted by atomic mass is 9.75. The number of hydrogen-bond donors (Lipinski definition) is 1. The van der Waals surface area contributed by atoms with E-state index in [9.17, 15) is 4.79 Å². The van der Waals surface area contributed by atoms with Crippen molar-refractivity contribution in [1.29, 1.82) is 0 Å². The number of carbonyl (C=O) groups is 1. The second kappa shape index (κ2) is 4.97. The molecule has 0 spiro atoms. The molecule has 0 aromatic heterocycles. The van der Waals surface area contributed by atoms with Gasteiger partial charge >= 0.3 is 0 Å². The number of rotatable bonds is 3. The van der Waals surface area contributed by atoms with Crippen LogP contribution >= 0.6 is 0 Å². The van der Waals surface area contributed by atoms with Gasteiger partial charge in [-0.2, -0.15) is 0 Å². The highest BCUT2D eigenvalue weighted by Crippen LogP contribution is 2.35. The van der Waals surface area contributed by atoms with Crippen LogP contribution in [0.1, 0.15) is 38.5 Å². The maximum absolute atomic E-state index is 10.7. The molecule has 3 heteroatoms. The number of amides is 1. The maximum atomic E-state index is 10.7. The fraction of sp³-hybridized carbons (Fsp3) is 0.917. The second-order valence-electron chi connectivity index (χ2n) is 5.11. The molecular formula is C12H22N2O. The zero-order chi connectivity index (χ0) is 10.7. The molecule has 3 nitrogen and oxygen atoms in total. The maximum Gasteiger partial charge on any atom is 0.218 e. The van der Waals surface area contributed by atoms with E-state index < -0.39 is 0 Å². The smallest absolute Gasteiger partial charge is 0.218 e. The van der Waals surface area contributed by atoms with Crippen LogP contribution in [0.5, 0.6) is 0 Å². The van der Waals surface area contributed by atoms with Crippen molar-refractivity contribution in [3.8, 4) is 0 Å². The number of likely N-dealkylation sites (tertiary alicyclic amines) is 1. The third-order valence-electron chi connectivity index (χ3n) is 4.05. The summed E-state index contributed by atoms with van der Waals surface area (Å²) in [6.07, 6.45) is 7.54. The Hall–Kier alpha value is -0.570. The summed E-state index contributed by atoms with van der Waals surface area (Å²) in [5, 5.41) is 0. The van der Waals surface area contributed by atoms with Gasteiger partial charge in [-0.05, 0) is 31.2 Å². The molecule has 1 saturated heterocycles. The summed E-state index contributed by atoms with van der Waals surface area (Å²) in [5.41, 5.74) is 5.18. The van der Waals surface area contributed by atoms with Crippen molar-refractivity contribution in [2.75, 3.05) is 19.6 Å². The number of fused-ring (bicyclic) bond motifs is 1. The van der Waals surface area contributed by atoms with Gasteiger partial charge in [0, 0.05) is 19.5 Å². The minimum Gasteiger partial charge on any atom is -0.370 e. The van der Waals surface area contributed by atoms with E-state index in [2.05, 4.69) is 4.90 Å². The Morgan fingerprint density at radius 3 is 2.67 bits per heavy atom. The van der Waals surface area contributed by atoms with Gasteiger partial charge in [0.1, 0.15) is 0 Å². The van der Waals surface area contributed by atoms with Crippen LogP contribution in [0, 0.1) is 11.8 Å². The lowest BCUT2D eigenvalue weighted by Crippen LogP contribution is -2.42. The molecule has 86 valence electrons. The number of nitrogens with two attached hydrogens (primary N) is 1. The predicted molar refractivity (Wildman–Crippen MR) is 60.3 cm³/mol. The molecule has 15 heavy (non-hydrogen) atoms. The van der Waals surface area contributed by atoms with Crippen molar-refractivity contribution in [3.05, 3.63) is 0 Å². The van der Waals surface area contributed by atoms with Gasteiger partial charge in [0.2, 0.25) is 5.91 Å². The molecule has 0 aromatic rings. The molecule has 2 fully saturated rings. The predicted octanol–water partition coefficient (Wildman–Crippen LogP) is 1.37. The van der Waals surface area contributed by atoms with Crippen molar-refractivity contribution in [1.82, 2.24) is 4.90 Å². The topological polar surface area (TPSA) is 46.3 Å². The standard InChI is InChI=1S/C12H22N2O/c13-12(15)6-8-14-7-5-10-3-1-2-4-11(10)9-14/h10-11H,1-9H2,(H2,13,15). The van der Waals surface area contributed by atoms with Crippen LogP contribution in [0.4, 0.5) is 0 Å². The second-order valence-corrected chi connectivity index (χ2v) is 5.11. The first-order chi connectivity index (χ1) is 7.25. The monoisotopic (exact) mass is 210 g/mol. The van der Waals surface area contributed by atoms with Crippen LogP contribution in [-0.4, -0.2) is 30.4 Å². The molecule has 1 amide bonds. The molecule has 2 unspecified atom stereocenters. The van der Waals surface area contributed by atoms with Gasteiger partial charge in [-0.1, -0.05) is 19.3 Å². The van der Waals surface area contributed by atoms with E-state index >= 15 is 0 Å². The molecule has 2 rings (SSSR count). The number of hydrogen-bond acceptors (Lipinski definition) is 2. The zero-order valence-electron chi connectivity index (χ0n) is 9.45. The first-order valence-corrected chi connectivity index (χ1v) is 6.26. The molecular weight excluding hydrogens is 188 g/mol. The summed E-state index contributed by atoms with van der Waals surface area (Å²) in [5.74, 6) is 1.71. The summed E-state index contributed by atoms with van der Waals surface area (Å²) in [4.78, 5) is 13.1. The average Bonchev–Trinajstić information content (AvgIpc) is 2.26. The van der Waals surface area contributed by atoms with E-state index in [0.717, 1.165) is 18.4 Å². The summed E-state index contributed by atoms with van der Waals surface area (Å²) >= 11 is 0. The Kier molecular flexibility index (Phi) is 3.62. The zero-order valence-corrected chi connectivity index (χ0v) is 9.45. The van der Waals surface area contributed by atoms with Crippen molar-refractivity contribution >= 4 is 5.91 Å². The molecule has 1 aliphatic heterocycles. The molecule has 1 heterocycles. The minimum absolute atomic E-state index is 0.166. The SMILES string of the molecule is NC(=O)CCN1CCC2CCCCC2C1. The Labute approximate surface area is 92.0 Å².